The lowest BCUT2D eigenvalue weighted by atomic mass is 9.87. The largest absolute Gasteiger partial charge is 0.488 e. The van der Waals surface area contributed by atoms with Crippen LogP contribution in [0.3, 0.4) is 0 Å². The molecule has 2 aromatic carbocycles. The Balaban J connectivity index is 1.55. The van der Waals surface area contributed by atoms with Gasteiger partial charge >= 0.3 is 0 Å². The molecule has 2 saturated heterocycles. The van der Waals surface area contributed by atoms with Crippen molar-refractivity contribution in [3.8, 4) is 5.75 Å². The smallest absolute Gasteiger partial charge is 0.124 e. The number of hydrogen-bond donors (Lipinski definition) is 4. The van der Waals surface area contributed by atoms with E-state index in [-0.39, 0.29) is 12.0 Å². The summed E-state index contributed by atoms with van der Waals surface area (Å²) < 4.78 is 17.1. The van der Waals surface area contributed by atoms with Crippen LogP contribution in [0.2, 0.25) is 0 Å². The highest BCUT2D eigenvalue weighted by molar-refractivity contribution is 5.38. The second-order valence-corrected chi connectivity index (χ2v) is 9.34. The molecule has 180 valence electrons. The molecule has 33 heavy (non-hydrogen) atoms. The topological polar surface area (TPSA) is 109 Å². The van der Waals surface area contributed by atoms with Gasteiger partial charge in [0.25, 0.3) is 0 Å². The van der Waals surface area contributed by atoms with Crippen molar-refractivity contribution in [1.29, 1.82) is 0 Å². The minimum atomic E-state index is -1.40. The van der Waals surface area contributed by atoms with Crippen LogP contribution in [0.5, 0.6) is 5.75 Å². The van der Waals surface area contributed by atoms with Crippen LogP contribution in [-0.2, 0) is 15.9 Å². The Bertz CT molecular complexity index is 905. The third-order valence-electron chi connectivity index (χ3n) is 6.45. The van der Waals surface area contributed by atoms with Crippen LogP contribution in [0.4, 0.5) is 0 Å². The van der Waals surface area contributed by atoms with E-state index >= 15 is 0 Å². The summed E-state index contributed by atoms with van der Waals surface area (Å²) in [5.74, 6) is 1.07. The molecule has 0 aromatic heterocycles. The highest BCUT2D eigenvalue weighted by Gasteiger charge is 2.44. The van der Waals surface area contributed by atoms with Gasteiger partial charge in [-0.3, -0.25) is 0 Å². The van der Waals surface area contributed by atoms with Crippen LogP contribution < -0.4 is 4.74 Å². The lowest BCUT2D eigenvalue weighted by molar-refractivity contribution is -0.231. The molecule has 0 radical (unpaired) electrons. The minimum Gasteiger partial charge on any atom is -0.488 e. The molecule has 4 rings (SSSR count). The van der Waals surface area contributed by atoms with Gasteiger partial charge < -0.3 is 34.6 Å². The van der Waals surface area contributed by atoms with Gasteiger partial charge in [0.05, 0.1) is 19.8 Å². The summed E-state index contributed by atoms with van der Waals surface area (Å²) in [7, 11) is 0. The van der Waals surface area contributed by atoms with Gasteiger partial charge in [-0.25, -0.2) is 0 Å². The number of rotatable bonds is 7. The Kier molecular flexibility index (Phi) is 7.69. The van der Waals surface area contributed by atoms with E-state index in [1.54, 1.807) is 0 Å². The van der Waals surface area contributed by atoms with E-state index in [1.165, 1.54) is 0 Å². The average molecular weight is 459 g/mol. The Morgan fingerprint density at radius 3 is 2.36 bits per heavy atom. The van der Waals surface area contributed by atoms with Crippen molar-refractivity contribution in [3.63, 3.8) is 0 Å². The summed E-state index contributed by atoms with van der Waals surface area (Å²) in [4.78, 5) is 0. The number of hydrogen-bond acceptors (Lipinski definition) is 7. The van der Waals surface area contributed by atoms with Gasteiger partial charge in [-0.15, -0.1) is 0 Å². The van der Waals surface area contributed by atoms with E-state index < -0.39 is 37.1 Å². The van der Waals surface area contributed by atoms with Crippen LogP contribution in [-0.4, -0.2) is 70.8 Å². The molecule has 2 aliphatic rings. The molecule has 0 amide bonds. The van der Waals surface area contributed by atoms with Gasteiger partial charge in [0.2, 0.25) is 0 Å². The van der Waals surface area contributed by atoms with E-state index in [1.807, 2.05) is 36.4 Å². The Hall–Kier alpha value is -2.00. The van der Waals surface area contributed by atoms with Crippen molar-refractivity contribution >= 4 is 0 Å². The predicted octanol–water partition coefficient (Wildman–Crippen LogP) is 2.08. The first-order valence-electron chi connectivity index (χ1n) is 11.6. The normalized spacial score (nSPS) is 30.0. The summed E-state index contributed by atoms with van der Waals surface area (Å²) in [5.41, 5.74) is 3.96. The molecular formula is C26H34O7. The number of aliphatic hydroxyl groups excluding tert-OH is 4. The first-order valence-corrected chi connectivity index (χ1v) is 11.6. The molecule has 0 saturated carbocycles. The molecule has 0 aliphatic carbocycles. The standard InChI is InChI=1S/C26H34O7/c1-15(2)18-10-17(9-16-3-5-20(6-4-16)32-21-7-8-31-14-21)11-19(12-18)26-25(30)24(29)23(28)22(13-27)33-26/h3-6,10-12,15,21-30H,7-9,13-14H2,1-2H3/t21?,22?,23-,24+,25-,26+/m1/s1. The van der Waals surface area contributed by atoms with Gasteiger partial charge in [0.1, 0.15) is 42.4 Å². The molecular weight excluding hydrogens is 424 g/mol. The zero-order valence-corrected chi connectivity index (χ0v) is 19.1. The van der Waals surface area contributed by atoms with E-state index in [0.717, 1.165) is 35.5 Å². The van der Waals surface area contributed by atoms with Gasteiger partial charge in [0.15, 0.2) is 0 Å². The Morgan fingerprint density at radius 1 is 0.970 bits per heavy atom. The summed E-state index contributed by atoms with van der Waals surface area (Å²) in [5, 5.41) is 40.5. The molecule has 7 nitrogen and oxygen atoms in total. The fourth-order valence-electron chi connectivity index (χ4n) is 4.44. The molecule has 2 unspecified atom stereocenters. The summed E-state index contributed by atoms with van der Waals surface area (Å²) >= 11 is 0. The molecule has 0 spiro atoms. The molecule has 2 aromatic rings. The lowest BCUT2D eigenvalue weighted by Gasteiger charge is -2.40. The molecule has 0 bridgehead atoms. The summed E-state index contributed by atoms with van der Waals surface area (Å²) in [6, 6.07) is 14.1. The quantitative estimate of drug-likeness (QED) is 0.503. The van der Waals surface area contributed by atoms with Crippen molar-refractivity contribution in [1.82, 2.24) is 0 Å². The first kappa shape index (κ1) is 24.1. The molecule has 4 N–H and O–H groups in total. The molecule has 2 heterocycles. The SMILES string of the molecule is CC(C)c1cc(Cc2ccc(OC3CCOC3)cc2)cc([C@@H]2OC(CO)[C@@H](O)[C@H](O)[C@H]2O)c1. The van der Waals surface area contributed by atoms with E-state index in [2.05, 4.69) is 19.9 Å². The van der Waals surface area contributed by atoms with Gasteiger partial charge in [-0.05, 0) is 46.7 Å². The molecule has 2 aliphatic heterocycles. The van der Waals surface area contributed by atoms with Crippen molar-refractivity contribution in [2.24, 2.45) is 0 Å². The van der Waals surface area contributed by atoms with Crippen LogP contribution in [0.15, 0.2) is 42.5 Å². The monoisotopic (exact) mass is 458 g/mol. The van der Waals surface area contributed by atoms with E-state index in [4.69, 9.17) is 14.2 Å². The fourth-order valence-corrected chi connectivity index (χ4v) is 4.44. The lowest BCUT2D eigenvalue weighted by Crippen LogP contribution is -2.55. The van der Waals surface area contributed by atoms with Crippen molar-refractivity contribution < 1.29 is 34.6 Å². The van der Waals surface area contributed by atoms with E-state index in [0.29, 0.717) is 18.6 Å². The third kappa shape index (κ3) is 5.57. The maximum absolute atomic E-state index is 10.6. The second kappa shape index (κ2) is 10.5. The second-order valence-electron chi connectivity index (χ2n) is 9.34. The van der Waals surface area contributed by atoms with Crippen LogP contribution in [0, 0.1) is 0 Å². The van der Waals surface area contributed by atoms with Crippen molar-refractivity contribution in [3.05, 3.63) is 64.7 Å². The van der Waals surface area contributed by atoms with Gasteiger partial charge in [-0.2, -0.15) is 0 Å². The third-order valence-corrected chi connectivity index (χ3v) is 6.45. The van der Waals surface area contributed by atoms with Gasteiger partial charge in [0, 0.05) is 6.42 Å². The fraction of sp³-hybridized carbons (Fsp3) is 0.538. The maximum Gasteiger partial charge on any atom is 0.124 e. The molecule has 2 fully saturated rings. The van der Waals surface area contributed by atoms with Gasteiger partial charge in [-0.1, -0.05) is 44.2 Å². The first-order chi connectivity index (χ1) is 15.9. The Labute approximate surface area is 194 Å². The summed E-state index contributed by atoms with van der Waals surface area (Å²) in [6.45, 7) is 5.11. The minimum absolute atomic E-state index is 0.111. The highest BCUT2D eigenvalue weighted by atomic mass is 16.5. The molecule has 6 atom stereocenters. The van der Waals surface area contributed by atoms with E-state index in [9.17, 15) is 20.4 Å². The predicted molar refractivity (Wildman–Crippen MR) is 122 cm³/mol. The summed E-state index contributed by atoms with van der Waals surface area (Å²) in [6.07, 6.45) is -4.15. The zero-order chi connectivity index (χ0) is 23.5. The number of benzene rings is 2. The van der Waals surface area contributed by atoms with Crippen LogP contribution >= 0.6 is 0 Å². The average Bonchev–Trinajstić information content (AvgIpc) is 3.32. The number of aliphatic hydroxyl groups is 4. The van der Waals surface area contributed by atoms with Crippen molar-refractivity contribution in [2.75, 3.05) is 19.8 Å². The van der Waals surface area contributed by atoms with Crippen molar-refractivity contribution in [2.45, 2.75) is 69.2 Å². The maximum atomic E-state index is 10.6. The number of ether oxygens (including phenoxy) is 3. The highest BCUT2D eigenvalue weighted by Crippen LogP contribution is 2.34. The molecule has 7 heteroatoms. The van der Waals surface area contributed by atoms with Crippen LogP contribution in [0.25, 0.3) is 0 Å². The van der Waals surface area contributed by atoms with Crippen LogP contribution in [0.1, 0.15) is 54.5 Å². The zero-order valence-electron chi connectivity index (χ0n) is 19.1. The Morgan fingerprint density at radius 2 is 1.73 bits per heavy atom.